The van der Waals surface area contributed by atoms with Crippen LogP contribution in [0.25, 0.3) is 22.3 Å². The number of aryl methyl sites for hydroxylation is 1. The van der Waals surface area contributed by atoms with Crippen LogP contribution in [0.2, 0.25) is 0 Å². The normalized spacial score (nSPS) is 11.1. The standard InChI is InChI=1S/C29H34O7/c1-16-10-22(28(36-17(2)30)26(11-16)35-9)20-14-19(24(33-7)15-25(20)34-8)21-12-18(32-6)13-23(27(21)31)29(3,4)5/h10-15,31H,1-9H3. The first-order chi connectivity index (χ1) is 16.9. The van der Waals surface area contributed by atoms with Crippen molar-refractivity contribution in [2.75, 3.05) is 28.4 Å². The molecular weight excluding hydrogens is 460 g/mol. The Kier molecular flexibility index (Phi) is 7.72. The maximum atomic E-state index is 12.0. The number of phenolic OH excluding ortho intramolecular Hbond substituents is 1. The number of benzene rings is 3. The van der Waals surface area contributed by atoms with E-state index in [4.69, 9.17) is 23.7 Å². The molecule has 3 rings (SSSR count). The van der Waals surface area contributed by atoms with Crippen LogP contribution in [-0.4, -0.2) is 39.5 Å². The first kappa shape index (κ1) is 26.7. The number of carbonyl (C=O) groups is 1. The Hall–Kier alpha value is -3.87. The van der Waals surface area contributed by atoms with E-state index >= 15 is 0 Å². The van der Waals surface area contributed by atoms with E-state index in [-0.39, 0.29) is 16.9 Å². The lowest BCUT2D eigenvalue weighted by atomic mass is 9.83. The molecular formula is C29H34O7. The maximum Gasteiger partial charge on any atom is 0.308 e. The molecule has 0 aromatic heterocycles. The molecule has 0 saturated carbocycles. The van der Waals surface area contributed by atoms with Crippen molar-refractivity contribution >= 4 is 5.97 Å². The molecule has 7 nitrogen and oxygen atoms in total. The summed E-state index contributed by atoms with van der Waals surface area (Å²) < 4.78 is 28.1. The number of carbonyl (C=O) groups excluding carboxylic acids is 1. The second-order valence-electron chi connectivity index (χ2n) is 9.51. The summed E-state index contributed by atoms with van der Waals surface area (Å²) in [7, 11) is 6.21. The zero-order chi connectivity index (χ0) is 26.8. The maximum absolute atomic E-state index is 12.0. The van der Waals surface area contributed by atoms with Gasteiger partial charge in [-0.25, -0.2) is 0 Å². The van der Waals surface area contributed by atoms with Crippen LogP contribution in [0.15, 0.2) is 36.4 Å². The van der Waals surface area contributed by atoms with Gasteiger partial charge in [-0.2, -0.15) is 0 Å². The topological polar surface area (TPSA) is 83.5 Å². The SMILES string of the molecule is COc1cc(-c2cc(-c3cc(C)cc(OC)c3OC(C)=O)c(OC)cc2OC)c(O)c(C(C)(C)C)c1. The minimum absolute atomic E-state index is 0.125. The molecule has 36 heavy (non-hydrogen) atoms. The number of methoxy groups -OCH3 is 4. The molecule has 0 atom stereocenters. The molecule has 1 N–H and O–H groups in total. The van der Waals surface area contributed by atoms with Crippen molar-refractivity contribution in [3.63, 3.8) is 0 Å². The Morgan fingerprint density at radius 1 is 0.722 bits per heavy atom. The predicted octanol–water partition coefficient (Wildman–Crippen LogP) is 6.29. The van der Waals surface area contributed by atoms with Gasteiger partial charge in [0, 0.05) is 40.8 Å². The van der Waals surface area contributed by atoms with Gasteiger partial charge in [-0.1, -0.05) is 20.8 Å². The molecule has 0 spiro atoms. The van der Waals surface area contributed by atoms with Crippen LogP contribution < -0.4 is 23.7 Å². The third-order valence-corrected chi connectivity index (χ3v) is 5.89. The molecule has 0 aliphatic carbocycles. The Balaban J connectivity index is 2.44. The van der Waals surface area contributed by atoms with Crippen molar-refractivity contribution in [2.45, 2.75) is 40.0 Å². The van der Waals surface area contributed by atoms with Crippen LogP contribution in [0, 0.1) is 6.92 Å². The first-order valence-electron chi connectivity index (χ1n) is 11.5. The van der Waals surface area contributed by atoms with E-state index in [2.05, 4.69) is 0 Å². The molecule has 0 amide bonds. The number of phenols is 1. The molecule has 3 aromatic rings. The average Bonchev–Trinajstić information content (AvgIpc) is 2.83. The van der Waals surface area contributed by atoms with Gasteiger partial charge >= 0.3 is 5.97 Å². The second kappa shape index (κ2) is 10.4. The van der Waals surface area contributed by atoms with Crippen LogP contribution in [0.4, 0.5) is 0 Å². The fourth-order valence-electron chi connectivity index (χ4n) is 4.16. The Morgan fingerprint density at radius 2 is 1.31 bits per heavy atom. The monoisotopic (exact) mass is 494 g/mol. The number of hydrogen-bond donors (Lipinski definition) is 1. The number of aromatic hydroxyl groups is 1. The van der Waals surface area contributed by atoms with E-state index in [1.807, 2.05) is 45.9 Å². The van der Waals surface area contributed by atoms with E-state index in [1.165, 1.54) is 14.0 Å². The van der Waals surface area contributed by atoms with Crippen LogP contribution in [0.1, 0.15) is 38.8 Å². The average molecular weight is 495 g/mol. The number of hydrogen-bond acceptors (Lipinski definition) is 7. The first-order valence-corrected chi connectivity index (χ1v) is 11.5. The molecule has 0 aliphatic heterocycles. The van der Waals surface area contributed by atoms with Gasteiger partial charge < -0.3 is 28.8 Å². The minimum Gasteiger partial charge on any atom is -0.507 e. The van der Waals surface area contributed by atoms with Crippen LogP contribution in [0.5, 0.6) is 34.5 Å². The van der Waals surface area contributed by atoms with Crippen molar-refractivity contribution in [3.8, 4) is 56.8 Å². The molecule has 192 valence electrons. The van der Waals surface area contributed by atoms with Gasteiger partial charge in [0.2, 0.25) is 0 Å². The summed E-state index contributed by atoms with van der Waals surface area (Å²) >= 11 is 0. The van der Waals surface area contributed by atoms with Gasteiger partial charge in [-0.15, -0.1) is 0 Å². The van der Waals surface area contributed by atoms with Crippen molar-refractivity contribution < 1.29 is 33.6 Å². The molecule has 3 aromatic carbocycles. The third kappa shape index (κ3) is 5.20. The van der Waals surface area contributed by atoms with Gasteiger partial charge in [0.25, 0.3) is 0 Å². The van der Waals surface area contributed by atoms with Crippen LogP contribution >= 0.6 is 0 Å². The lowest BCUT2D eigenvalue weighted by Gasteiger charge is -2.24. The highest BCUT2D eigenvalue weighted by molar-refractivity contribution is 5.89. The zero-order valence-electron chi connectivity index (χ0n) is 22.4. The largest absolute Gasteiger partial charge is 0.507 e. The smallest absolute Gasteiger partial charge is 0.308 e. The van der Waals surface area contributed by atoms with Gasteiger partial charge in [0.15, 0.2) is 11.5 Å². The summed E-state index contributed by atoms with van der Waals surface area (Å²) in [5.74, 6) is 1.92. The number of esters is 1. The summed E-state index contributed by atoms with van der Waals surface area (Å²) in [6.07, 6.45) is 0. The molecule has 0 saturated heterocycles. The van der Waals surface area contributed by atoms with Gasteiger partial charge in [0.1, 0.15) is 23.0 Å². The van der Waals surface area contributed by atoms with Crippen LogP contribution in [0.3, 0.4) is 0 Å². The second-order valence-corrected chi connectivity index (χ2v) is 9.51. The fraction of sp³-hybridized carbons (Fsp3) is 0.345. The highest BCUT2D eigenvalue weighted by Crippen LogP contribution is 2.50. The fourth-order valence-corrected chi connectivity index (χ4v) is 4.16. The third-order valence-electron chi connectivity index (χ3n) is 5.89. The highest BCUT2D eigenvalue weighted by atomic mass is 16.6. The molecule has 0 heterocycles. The Labute approximate surface area is 212 Å². The molecule has 0 bridgehead atoms. The molecule has 0 unspecified atom stereocenters. The van der Waals surface area contributed by atoms with Gasteiger partial charge in [-0.3, -0.25) is 4.79 Å². The summed E-state index contributed by atoms with van der Waals surface area (Å²) in [4.78, 5) is 12.0. The van der Waals surface area contributed by atoms with E-state index in [1.54, 1.807) is 39.5 Å². The molecule has 0 fully saturated rings. The van der Waals surface area contributed by atoms with E-state index in [0.717, 1.165) is 11.1 Å². The quantitative estimate of drug-likeness (QED) is 0.305. The Bertz CT molecular complexity index is 1290. The van der Waals surface area contributed by atoms with E-state index in [9.17, 15) is 9.90 Å². The number of ether oxygens (including phenoxy) is 5. The van der Waals surface area contributed by atoms with Crippen molar-refractivity contribution in [1.29, 1.82) is 0 Å². The summed E-state index contributed by atoms with van der Waals surface area (Å²) in [5, 5.41) is 11.4. The van der Waals surface area contributed by atoms with Crippen molar-refractivity contribution in [2.24, 2.45) is 0 Å². The zero-order valence-corrected chi connectivity index (χ0v) is 22.4. The van der Waals surface area contributed by atoms with Gasteiger partial charge in [0.05, 0.1) is 28.4 Å². The molecule has 0 aliphatic rings. The summed E-state index contributed by atoms with van der Waals surface area (Å²) in [5.41, 5.74) is 3.67. The lowest BCUT2D eigenvalue weighted by Crippen LogP contribution is -2.12. The highest BCUT2D eigenvalue weighted by Gasteiger charge is 2.26. The number of rotatable bonds is 7. The Morgan fingerprint density at radius 3 is 1.81 bits per heavy atom. The van der Waals surface area contributed by atoms with Crippen LogP contribution in [-0.2, 0) is 10.2 Å². The minimum atomic E-state index is -0.480. The van der Waals surface area contributed by atoms with E-state index < -0.39 is 5.97 Å². The van der Waals surface area contributed by atoms with E-state index in [0.29, 0.717) is 45.3 Å². The van der Waals surface area contributed by atoms with Crippen molar-refractivity contribution in [3.05, 3.63) is 47.5 Å². The lowest BCUT2D eigenvalue weighted by molar-refractivity contribution is -0.131. The van der Waals surface area contributed by atoms with Crippen molar-refractivity contribution in [1.82, 2.24) is 0 Å². The van der Waals surface area contributed by atoms with Gasteiger partial charge in [-0.05, 0) is 48.2 Å². The molecule has 7 heteroatoms. The summed E-state index contributed by atoms with van der Waals surface area (Å²) in [6.45, 7) is 9.32. The predicted molar refractivity (Wildman–Crippen MR) is 140 cm³/mol. The summed E-state index contributed by atoms with van der Waals surface area (Å²) in [6, 6.07) is 10.9. The molecule has 0 radical (unpaired) electrons.